The van der Waals surface area contributed by atoms with Crippen LogP contribution in [0, 0.1) is 6.92 Å². The molecule has 3 rings (SSSR count). The molecule has 25 heavy (non-hydrogen) atoms. The molecule has 1 aromatic heterocycles. The lowest BCUT2D eigenvalue weighted by Gasteiger charge is -2.35. The Labute approximate surface area is 152 Å². The summed E-state index contributed by atoms with van der Waals surface area (Å²) >= 11 is 6.25. The molecule has 7 heteroatoms. The van der Waals surface area contributed by atoms with Crippen LogP contribution in [0.4, 0.5) is 10.6 Å². The molecular weight excluding hydrogens is 338 g/mol. The van der Waals surface area contributed by atoms with Gasteiger partial charge in [-0.05, 0) is 37.8 Å². The molecule has 134 valence electrons. The summed E-state index contributed by atoms with van der Waals surface area (Å²) in [4.78, 5) is 14.6. The Bertz CT molecular complexity index is 745. The molecule has 2 aromatic rings. The minimum absolute atomic E-state index is 0.106. The Morgan fingerprint density at radius 2 is 2.20 bits per heavy atom. The summed E-state index contributed by atoms with van der Waals surface area (Å²) in [5.41, 5.74) is 7.71. The van der Waals surface area contributed by atoms with Crippen LogP contribution < -0.4 is 11.1 Å². The first-order valence-corrected chi connectivity index (χ1v) is 9.01. The zero-order chi connectivity index (χ0) is 17.8. The maximum absolute atomic E-state index is 12.8. The molecule has 0 saturated carbocycles. The lowest BCUT2D eigenvalue weighted by atomic mass is 10.0. The van der Waals surface area contributed by atoms with Gasteiger partial charge in [0.25, 0.3) is 0 Å². The minimum Gasteiger partial charge on any atom is -0.328 e. The number of amides is 2. The third-order valence-electron chi connectivity index (χ3n) is 4.69. The standard InChI is InChI=1S/C18H24ClN5O/c1-13-11-21-24(12-14-6-2-3-8-16(14)19)17(13)22-18(25)23-9-5-4-7-15(23)10-20/h2-3,6,8,11,15H,4-5,7,9-10,12,20H2,1H3,(H,22,25)/t15-/m0/s1. The van der Waals surface area contributed by atoms with E-state index in [1.807, 2.05) is 36.1 Å². The number of benzene rings is 1. The van der Waals surface area contributed by atoms with Crippen LogP contribution in [0.3, 0.4) is 0 Å². The van der Waals surface area contributed by atoms with E-state index >= 15 is 0 Å². The van der Waals surface area contributed by atoms with E-state index < -0.39 is 0 Å². The molecule has 0 unspecified atom stereocenters. The van der Waals surface area contributed by atoms with Gasteiger partial charge in [-0.1, -0.05) is 29.8 Å². The molecule has 3 N–H and O–H groups in total. The van der Waals surface area contributed by atoms with E-state index in [4.69, 9.17) is 17.3 Å². The Hall–Kier alpha value is -2.05. The van der Waals surface area contributed by atoms with E-state index in [0.717, 1.165) is 36.9 Å². The average Bonchev–Trinajstić information content (AvgIpc) is 2.97. The van der Waals surface area contributed by atoms with Crippen LogP contribution in [0.5, 0.6) is 0 Å². The van der Waals surface area contributed by atoms with Gasteiger partial charge in [-0.25, -0.2) is 9.48 Å². The van der Waals surface area contributed by atoms with Crippen molar-refractivity contribution in [3.63, 3.8) is 0 Å². The van der Waals surface area contributed by atoms with Crippen molar-refractivity contribution in [3.8, 4) is 0 Å². The topological polar surface area (TPSA) is 76.2 Å². The first-order valence-electron chi connectivity index (χ1n) is 8.63. The quantitative estimate of drug-likeness (QED) is 0.877. The van der Waals surface area contributed by atoms with E-state index in [0.29, 0.717) is 23.9 Å². The van der Waals surface area contributed by atoms with E-state index in [9.17, 15) is 4.79 Å². The molecule has 1 aliphatic heterocycles. The summed E-state index contributed by atoms with van der Waals surface area (Å²) in [5.74, 6) is 0.700. The smallest absolute Gasteiger partial charge is 0.323 e. The van der Waals surface area contributed by atoms with Crippen molar-refractivity contribution in [2.75, 3.05) is 18.4 Å². The van der Waals surface area contributed by atoms with Gasteiger partial charge in [-0.3, -0.25) is 5.32 Å². The number of nitrogens with zero attached hydrogens (tertiary/aromatic N) is 3. The van der Waals surface area contributed by atoms with Gasteiger partial charge in [0.1, 0.15) is 5.82 Å². The second-order valence-corrected chi connectivity index (χ2v) is 6.84. The molecule has 1 fully saturated rings. The van der Waals surface area contributed by atoms with Crippen LogP contribution >= 0.6 is 11.6 Å². The molecule has 1 aliphatic rings. The molecule has 0 bridgehead atoms. The molecular formula is C18H24ClN5O. The lowest BCUT2D eigenvalue weighted by molar-refractivity contribution is 0.165. The third-order valence-corrected chi connectivity index (χ3v) is 5.05. The van der Waals surface area contributed by atoms with Gasteiger partial charge in [0.2, 0.25) is 0 Å². The maximum Gasteiger partial charge on any atom is 0.323 e. The lowest BCUT2D eigenvalue weighted by Crippen LogP contribution is -2.49. The van der Waals surface area contributed by atoms with Crippen molar-refractivity contribution in [2.45, 2.75) is 38.8 Å². The number of aromatic nitrogens is 2. The number of urea groups is 1. The first-order chi connectivity index (χ1) is 12.1. The van der Waals surface area contributed by atoms with Gasteiger partial charge < -0.3 is 10.6 Å². The molecule has 1 saturated heterocycles. The summed E-state index contributed by atoms with van der Waals surface area (Å²) in [5, 5.41) is 8.10. The molecule has 0 aliphatic carbocycles. The van der Waals surface area contributed by atoms with Crippen molar-refractivity contribution in [1.29, 1.82) is 0 Å². The number of anilines is 1. The SMILES string of the molecule is Cc1cnn(Cc2ccccc2Cl)c1NC(=O)N1CCCC[C@H]1CN. The van der Waals surface area contributed by atoms with Crippen LogP contribution in [0.1, 0.15) is 30.4 Å². The number of hydrogen-bond donors (Lipinski definition) is 2. The fraction of sp³-hybridized carbons (Fsp3) is 0.444. The maximum atomic E-state index is 12.8. The number of nitrogens with one attached hydrogen (secondary N) is 1. The summed E-state index contributed by atoms with van der Waals surface area (Å²) in [6.45, 7) is 3.67. The second-order valence-electron chi connectivity index (χ2n) is 6.43. The largest absolute Gasteiger partial charge is 0.328 e. The zero-order valence-corrected chi connectivity index (χ0v) is 15.2. The van der Waals surface area contributed by atoms with Gasteiger partial charge >= 0.3 is 6.03 Å². The van der Waals surface area contributed by atoms with Crippen molar-refractivity contribution >= 4 is 23.4 Å². The number of carbonyl (C=O) groups excluding carboxylic acids is 1. The van der Waals surface area contributed by atoms with Gasteiger partial charge in [0.15, 0.2) is 0 Å². The molecule has 0 spiro atoms. The fourth-order valence-corrected chi connectivity index (χ4v) is 3.43. The van der Waals surface area contributed by atoms with Crippen LogP contribution in [0.15, 0.2) is 30.5 Å². The number of aryl methyl sites for hydroxylation is 1. The number of hydrogen-bond acceptors (Lipinski definition) is 3. The Balaban J connectivity index is 1.77. The van der Waals surface area contributed by atoms with Gasteiger partial charge in [0, 0.05) is 29.7 Å². The molecule has 1 aromatic carbocycles. The fourth-order valence-electron chi connectivity index (χ4n) is 3.24. The van der Waals surface area contributed by atoms with E-state index in [1.165, 1.54) is 0 Å². The highest BCUT2D eigenvalue weighted by molar-refractivity contribution is 6.31. The summed E-state index contributed by atoms with van der Waals surface area (Å²) in [6.07, 6.45) is 4.85. The number of nitrogens with two attached hydrogens (primary N) is 1. The van der Waals surface area contributed by atoms with Crippen molar-refractivity contribution in [3.05, 3.63) is 46.6 Å². The van der Waals surface area contributed by atoms with Crippen molar-refractivity contribution < 1.29 is 4.79 Å². The molecule has 2 amide bonds. The number of rotatable bonds is 4. The Morgan fingerprint density at radius 3 is 2.96 bits per heavy atom. The molecule has 2 heterocycles. The molecule has 1 atom stereocenters. The van der Waals surface area contributed by atoms with Gasteiger partial charge in [0.05, 0.1) is 12.7 Å². The highest BCUT2D eigenvalue weighted by Gasteiger charge is 2.26. The number of carbonyl (C=O) groups is 1. The average molecular weight is 362 g/mol. The molecule has 6 nitrogen and oxygen atoms in total. The van der Waals surface area contributed by atoms with Crippen LogP contribution in [0.25, 0.3) is 0 Å². The Kier molecular flexibility index (Phi) is 5.60. The minimum atomic E-state index is -0.112. The number of piperidine rings is 1. The van der Waals surface area contributed by atoms with Crippen molar-refractivity contribution in [2.24, 2.45) is 5.73 Å². The first kappa shape index (κ1) is 17.8. The summed E-state index contributed by atoms with van der Waals surface area (Å²) in [6, 6.07) is 7.64. The van der Waals surface area contributed by atoms with Crippen molar-refractivity contribution in [1.82, 2.24) is 14.7 Å². The third kappa shape index (κ3) is 3.96. The van der Waals surface area contributed by atoms with Crippen LogP contribution in [-0.2, 0) is 6.54 Å². The number of likely N-dealkylation sites (tertiary alicyclic amines) is 1. The monoisotopic (exact) mass is 361 g/mol. The van der Waals surface area contributed by atoms with E-state index in [-0.39, 0.29) is 12.1 Å². The summed E-state index contributed by atoms with van der Waals surface area (Å²) in [7, 11) is 0. The predicted molar refractivity (Wildman–Crippen MR) is 99.9 cm³/mol. The van der Waals surface area contributed by atoms with Gasteiger partial charge in [-0.15, -0.1) is 0 Å². The zero-order valence-electron chi connectivity index (χ0n) is 14.4. The second kappa shape index (κ2) is 7.89. The van der Waals surface area contributed by atoms with Crippen LogP contribution in [-0.4, -0.2) is 39.8 Å². The Morgan fingerprint density at radius 1 is 1.40 bits per heavy atom. The van der Waals surface area contributed by atoms with Gasteiger partial charge in [-0.2, -0.15) is 5.10 Å². The summed E-state index contributed by atoms with van der Waals surface area (Å²) < 4.78 is 1.77. The highest BCUT2D eigenvalue weighted by atomic mass is 35.5. The number of halogens is 1. The van der Waals surface area contributed by atoms with E-state index in [1.54, 1.807) is 10.9 Å². The predicted octanol–water partition coefficient (Wildman–Crippen LogP) is 3.24. The molecule has 0 radical (unpaired) electrons. The van der Waals surface area contributed by atoms with E-state index in [2.05, 4.69) is 10.4 Å². The highest BCUT2D eigenvalue weighted by Crippen LogP contribution is 2.22. The normalized spacial score (nSPS) is 17.6. The van der Waals surface area contributed by atoms with Crippen LogP contribution in [0.2, 0.25) is 5.02 Å².